The molecule has 0 unspecified atom stereocenters. The number of nitrogens with two attached hydrogens (primary N) is 1. The van der Waals surface area contributed by atoms with Crippen LogP contribution in [0.15, 0.2) is 29.2 Å². The number of benzene rings is 1. The summed E-state index contributed by atoms with van der Waals surface area (Å²) in [4.78, 5) is 12.0. The topological polar surface area (TPSA) is 89.3 Å². The van der Waals surface area contributed by atoms with Crippen LogP contribution < -0.4 is 11.1 Å². The van der Waals surface area contributed by atoms with Crippen LogP contribution in [0.3, 0.4) is 0 Å². The number of rotatable bonds is 5. The van der Waals surface area contributed by atoms with Gasteiger partial charge in [0.25, 0.3) is 5.91 Å². The second-order valence-corrected chi connectivity index (χ2v) is 6.32. The number of carbonyl (C=O) groups is 1. The van der Waals surface area contributed by atoms with Crippen molar-refractivity contribution in [2.45, 2.75) is 24.8 Å². The first-order valence-electron chi connectivity index (χ1n) is 5.74. The third-order valence-electron chi connectivity index (χ3n) is 2.59. The SMILES string of the molecule is CCS(=O)(=O)c1ccc(C(=O)N[C@@H](C)CN)cc1.Cl. The second kappa shape index (κ2) is 7.47. The molecule has 1 amide bonds. The van der Waals surface area contributed by atoms with Crippen molar-refractivity contribution in [1.82, 2.24) is 5.32 Å². The van der Waals surface area contributed by atoms with Crippen molar-refractivity contribution >= 4 is 28.2 Å². The van der Waals surface area contributed by atoms with E-state index >= 15 is 0 Å². The zero-order valence-corrected chi connectivity index (χ0v) is 12.6. The lowest BCUT2D eigenvalue weighted by atomic mass is 10.2. The van der Waals surface area contributed by atoms with E-state index in [2.05, 4.69) is 5.32 Å². The summed E-state index contributed by atoms with van der Waals surface area (Å²) in [5.74, 6) is -0.212. The Morgan fingerprint density at radius 1 is 1.32 bits per heavy atom. The van der Waals surface area contributed by atoms with E-state index < -0.39 is 9.84 Å². The van der Waals surface area contributed by atoms with E-state index in [9.17, 15) is 13.2 Å². The summed E-state index contributed by atoms with van der Waals surface area (Å²) in [7, 11) is -3.22. The fourth-order valence-electron chi connectivity index (χ4n) is 1.35. The highest BCUT2D eigenvalue weighted by Gasteiger charge is 2.13. The largest absolute Gasteiger partial charge is 0.348 e. The lowest BCUT2D eigenvalue weighted by Gasteiger charge is -2.11. The standard InChI is InChI=1S/C12H18N2O3S.ClH/c1-3-18(16,17)11-6-4-10(5-7-11)12(15)14-9(2)8-13;/h4-7,9H,3,8,13H2,1-2H3,(H,14,15);1H/t9-;/m0./s1. The Balaban J connectivity index is 0.00000324. The Labute approximate surface area is 119 Å². The Hall–Kier alpha value is -1.11. The summed E-state index contributed by atoms with van der Waals surface area (Å²) in [6.45, 7) is 3.74. The van der Waals surface area contributed by atoms with E-state index in [0.717, 1.165) is 0 Å². The zero-order valence-electron chi connectivity index (χ0n) is 10.9. The van der Waals surface area contributed by atoms with Gasteiger partial charge in [0.05, 0.1) is 10.6 Å². The van der Waals surface area contributed by atoms with Gasteiger partial charge in [-0.2, -0.15) is 0 Å². The van der Waals surface area contributed by atoms with Gasteiger partial charge in [-0.15, -0.1) is 12.4 Å². The van der Waals surface area contributed by atoms with Crippen LogP contribution >= 0.6 is 12.4 Å². The molecule has 108 valence electrons. The van der Waals surface area contributed by atoms with Crippen molar-refractivity contribution in [1.29, 1.82) is 0 Å². The van der Waals surface area contributed by atoms with E-state index in [1.807, 2.05) is 0 Å². The molecule has 0 saturated heterocycles. The van der Waals surface area contributed by atoms with Gasteiger partial charge in [0.15, 0.2) is 9.84 Å². The van der Waals surface area contributed by atoms with Crippen LogP contribution in [0.25, 0.3) is 0 Å². The van der Waals surface area contributed by atoms with Crippen LogP contribution in [0.2, 0.25) is 0 Å². The minimum absolute atomic E-state index is 0. The molecule has 0 aliphatic heterocycles. The first kappa shape index (κ1) is 17.9. The minimum atomic E-state index is -3.22. The number of hydrogen-bond acceptors (Lipinski definition) is 4. The third kappa shape index (κ3) is 4.81. The average molecular weight is 307 g/mol. The Kier molecular flexibility index (Phi) is 7.04. The first-order valence-corrected chi connectivity index (χ1v) is 7.39. The van der Waals surface area contributed by atoms with E-state index in [4.69, 9.17) is 5.73 Å². The summed E-state index contributed by atoms with van der Waals surface area (Å²) in [6.07, 6.45) is 0. The summed E-state index contributed by atoms with van der Waals surface area (Å²) < 4.78 is 23.2. The molecule has 3 N–H and O–H groups in total. The molecule has 1 aromatic carbocycles. The van der Waals surface area contributed by atoms with Crippen LogP contribution in [0.5, 0.6) is 0 Å². The van der Waals surface area contributed by atoms with E-state index in [1.54, 1.807) is 13.8 Å². The maximum Gasteiger partial charge on any atom is 0.251 e. The molecule has 0 fully saturated rings. The number of hydrogen-bond donors (Lipinski definition) is 2. The van der Waals surface area contributed by atoms with Crippen LogP contribution in [0, 0.1) is 0 Å². The Bertz CT molecular complexity index is 514. The Morgan fingerprint density at radius 2 is 1.84 bits per heavy atom. The monoisotopic (exact) mass is 306 g/mol. The van der Waals surface area contributed by atoms with Crippen molar-refractivity contribution in [2.75, 3.05) is 12.3 Å². The van der Waals surface area contributed by atoms with Crippen molar-refractivity contribution in [3.05, 3.63) is 29.8 Å². The summed E-state index contributed by atoms with van der Waals surface area (Å²) in [5, 5.41) is 2.70. The predicted molar refractivity (Wildman–Crippen MR) is 77.4 cm³/mol. The zero-order chi connectivity index (χ0) is 13.8. The number of carbonyl (C=O) groups excluding carboxylic acids is 1. The predicted octanol–water partition coefficient (Wildman–Crippen LogP) is 0.979. The van der Waals surface area contributed by atoms with Crippen LogP contribution in [0.4, 0.5) is 0 Å². The highest BCUT2D eigenvalue weighted by Crippen LogP contribution is 2.12. The maximum atomic E-state index is 11.7. The first-order chi connectivity index (χ1) is 8.40. The van der Waals surface area contributed by atoms with Crippen LogP contribution in [-0.4, -0.2) is 32.7 Å². The van der Waals surface area contributed by atoms with E-state index in [0.29, 0.717) is 12.1 Å². The smallest absolute Gasteiger partial charge is 0.251 e. The second-order valence-electron chi connectivity index (χ2n) is 4.04. The lowest BCUT2D eigenvalue weighted by Crippen LogP contribution is -2.37. The van der Waals surface area contributed by atoms with Gasteiger partial charge in [-0.1, -0.05) is 6.92 Å². The molecule has 5 nitrogen and oxygen atoms in total. The van der Waals surface area contributed by atoms with Gasteiger partial charge >= 0.3 is 0 Å². The quantitative estimate of drug-likeness (QED) is 0.848. The molecule has 0 aromatic heterocycles. The number of halogens is 1. The maximum absolute atomic E-state index is 11.7. The highest BCUT2D eigenvalue weighted by molar-refractivity contribution is 7.91. The summed E-state index contributed by atoms with van der Waals surface area (Å²) in [6, 6.07) is 5.78. The molecule has 0 spiro atoms. The fraction of sp³-hybridized carbons (Fsp3) is 0.417. The molecule has 7 heteroatoms. The minimum Gasteiger partial charge on any atom is -0.348 e. The van der Waals surface area contributed by atoms with Gasteiger partial charge in [-0.3, -0.25) is 4.79 Å². The normalized spacial score (nSPS) is 12.4. The molecule has 0 aliphatic carbocycles. The highest BCUT2D eigenvalue weighted by atomic mass is 35.5. The number of sulfone groups is 1. The van der Waals surface area contributed by atoms with Crippen LogP contribution in [-0.2, 0) is 9.84 Å². The number of nitrogens with one attached hydrogen (secondary N) is 1. The molecule has 0 heterocycles. The van der Waals surface area contributed by atoms with E-state index in [1.165, 1.54) is 24.3 Å². The fourth-order valence-corrected chi connectivity index (χ4v) is 2.23. The third-order valence-corrected chi connectivity index (χ3v) is 4.34. The van der Waals surface area contributed by atoms with E-state index in [-0.39, 0.29) is 35.0 Å². The van der Waals surface area contributed by atoms with Gasteiger partial charge in [0.1, 0.15) is 0 Å². The van der Waals surface area contributed by atoms with Crippen LogP contribution in [0.1, 0.15) is 24.2 Å². The lowest BCUT2D eigenvalue weighted by molar-refractivity contribution is 0.0941. The van der Waals surface area contributed by atoms with Crippen molar-refractivity contribution in [3.8, 4) is 0 Å². The molecule has 1 atom stereocenters. The number of amides is 1. The van der Waals surface area contributed by atoms with Gasteiger partial charge in [0.2, 0.25) is 0 Å². The van der Waals surface area contributed by atoms with Gasteiger partial charge < -0.3 is 11.1 Å². The van der Waals surface area contributed by atoms with Crippen molar-refractivity contribution in [3.63, 3.8) is 0 Å². The molecule has 0 bridgehead atoms. The van der Waals surface area contributed by atoms with Gasteiger partial charge in [0, 0.05) is 18.2 Å². The molecule has 0 saturated carbocycles. The van der Waals surface area contributed by atoms with Crippen molar-refractivity contribution < 1.29 is 13.2 Å². The van der Waals surface area contributed by atoms with Gasteiger partial charge in [-0.05, 0) is 31.2 Å². The summed E-state index contributed by atoms with van der Waals surface area (Å²) in [5.41, 5.74) is 5.83. The Morgan fingerprint density at radius 3 is 2.26 bits per heavy atom. The van der Waals surface area contributed by atoms with Crippen molar-refractivity contribution in [2.24, 2.45) is 5.73 Å². The molecular formula is C12H19ClN2O3S. The molecular weight excluding hydrogens is 288 g/mol. The molecule has 0 aliphatic rings. The summed E-state index contributed by atoms with van der Waals surface area (Å²) >= 11 is 0. The van der Waals surface area contributed by atoms with Gasteiger partial charge in [-0.25, -0.2) is 8.42 Å². The average Bonchev–Trinajstić information content (AvgIpc) is 2.38. The molecule has 1 rings (SSSR count). The molecule has 0 radical (unpaired) electrons. The molecule has 1 aromatic rings. The molecule has 19 heavy (non-hydrogen) atoms.